The predicted octanol–water partition coefficient (Wildman–Crippen LogP) is 1.62. The van der Waals surface area contributed by atoms with Gasteiger partial charge >= 0.3 is 0 Å². The van der Waals surface area contributed by atoms with Gasteiger partial charge in [0.05, 0.1) is 12.6 Å². The maximum absolute atomic E-state index is 11.7. The summed E-state index contributed by atoms with van der Waals surface area (Å²) in [7, 11) is 1.48. The zero-order valence-electron chi connectivity index (χ0n) is 11.8. The van der Waals surface area contributed by atoms with Crippen LogP contribution in [0.5, 0.6) is 0 Å². The molecule has 0 spiro atoms. The van der Waals surface area contributed by atoms with E-state index >= 15 is 0 Å². The fourth-order valence-corrected chi connectivity index (χ4v) is 2.82. The monoisotopic (exact) mass is 297 g/mol. The minimum atomic E-state index is -0.755. The lowest BCUT2D eigenvalue weighted by Crippen LogP contribution is -2.43. The smallest absolute Gasteiger partial charge is 0.243 e. The Morgan fingerprint density at radius 2 is 2.10 bits per heavy atom. The largest absolute Gasteiger partial charge is 0.394 e. The summed E-state index contributed by atoms with van der Waals surface area (Å²) in [4.78, 5) is 14.3. The lowest BCUT2D eigenvalue weighted by atomic mass is 10.0. The molecule has 2 rings (SSSR count). The van der Waals surface area contributed by atoms with Crippen molar-refractivity contribution in [1.82, 2.24) is 4.90 Å². The zero-order valence-corrected chi connectivity index (χ0v) is 12.6. The second-order valence-electron chi connectivity index (χ2n) is 4.55. The minimum Gasteiger partial charge on any atom is -0.394 e. The number of benzene rings is 1. The van der Waals surface area contributed by atoms with Gasteiger partial charge in [-0.2, -0.15) is 0 Å². The van der Waals surface area contributed by atoms with Gasteiger partial charge in [-0.1, -0.05) is 12.1 Å². The van der Waals surface area contributed by atoms with Gasteiger partial charge in [0.2, 0.25) is 12.3 Å². The first-order chi connectivity index (χ1) is 9.62. The van der Waals surface area contributed by atoms with Crippen LogP contribution >= 0.6 is 11.8 Å². The molecule has 1 N–H and O–H groups in total. The van der Waals surface area contributed by atoms with Crippen molar-refractivity contribution in [1.29, 1.82) is 0 Å². The summed E-state index contributed by atoms with van der Waals surface area (Å²) >= 11 is 1.66. The van der Waals surface area contributed by atoms with E-state index in [9.17, 15) is 9.90 Å². The number of amides is 1. The molecule has 0 aromatic heterocycles. The Bertz CT molecular complexity index is 465. The van der Waals surface area contributed by atoms with Crippen molar-refractivity contribution in [3.05, 3.63) is 29.8 Å². The summed E-state index contributed by atoms with van der Waals surface area (Å²) in [5.41, 5.74) is 0.924. The summed E-state index contributed by atoms with van der Waals surface area (Å²) in [5.74, 6) is -0.181. The van der Waals surface area contributed by atoms with Crippen molar-refractivity contribution >= 4 is 17.7 Å². The van der Waals surface area contributed by atoms with Crippen LogP contribution in [0.1, 0.15) is 18.6 Å². The van der Waals surface area contributed by atoms with E-state index in [0.29, 0.717) is 0 Å². The highest BCUT2D eigenvalue weighted by Gasteiger charge is 2.44. The minimum absolute atomic E-state index is 0.172. The Balaban J connectivity index is 2.28. The van der Waals surface area contributed by atoms with Crippen molar-refractivity contribution in [2.45, 2.75) is 30.4 Å². The van der Waals surface area contributed by atoms with Crippen LogP contribution in [-0.2, 0) is 14.3 Å². The van der Waals surface area contributed by atoms with Gasteiger partial charge in [-0.3, -0.25) is 9.69 Å². The van der Waals surface area contributed by atoms with Crippen molar-refractivity contribution in [2.75, 3.05) is 20.0 Å². The van der Waals surface area contributed by atoms with Crippen LogP contribution < -0.4 is 0 Å². The predicted molar refractivity (Wildman–Crippen MR) is 76.2 cm³/mol. The number of nitrogens with zero attached hydrogens (tertiary/aromatic N) is 1. The van der Waals surface area contributed by atoms with E-state index < -0.39 is 12.5 Å². The molecule has 110 valence electrons. The van der Waals surface area contributed by atoms with Crippen LogP contribution in [0.25, 0.3) is 0 Å². The number of rotatable bonds is 4. The molecule has 0 radical (unpaired) electrons. The highest BCUT2D eigenvalue weighted by molar-refractivity contribution is 7.98. The first-order valence-electron chi connectivity index (χ1n) is 6.34. The Hall–Kier alpha value is -1.08. The molecule has 1 heterocycles. The normalized spacial score (nSPS) is 26.0. The Morgan fingerprint density at radius 1 is 1.45 bits per heavy atom. The SMILES string of the molecule is CO[C@@H]1O[C@@H](c2ccc(SC)cc2)[C@H](CO)N1C(C)=O. The third-order valence-corrected chi connectivity index (χ3v) is 4.14. The number of methoxy groups -OCH3 is 1. The van der Waals surface area contributed by atoms with Gasteiger partial charge in [-0.05, 0) is 24.0 Å². The summed E-state index contributed by atoms with van der Waals surface area (Å²) in [5, 5.41) is 9.60. The number of thioether (sulfide) groups is 1. The van der Waals surface area contributed by atoms with Crippen molar-refractivity contribution in [2.24, 2.45) is 0 Å². The van der Waals surface area contributed by atoms with Gasteiger partial charge in [0.15, 0.2) is 0 Å². The zero-order chi connectivity index (χ0) is 14.7. The average molecular weight is 297 g/mol. The molecule has 1 fully saturated rings. The molecule has 0 saturated carbocycles. The molecule has 3 atom stereocenters. The summed E-state index contributed by atoms with van der Waals surface area (Å²) in [6.45, 7) is 1.27. The molecule has 5 nitrogen and oxygen atoms in total. The molecule has 6 heteroatoms. The van der Waals surface area contributed by atoms with Crippen LogP contribution in [0.3, 0.4) is 0 Å². The van der Waals surface area contributed by atoms with Crippen LogP contribution in [0, 0.1) is 0 Å². The summed E-state index contributed by atoms with van der Waals surface area (Å²) in [6.07, 6.45) is 0.871. The summed E-state index contributed by atoms with van der Waals surface area (Å²) < 4.78 is 10.9. The first kappa shape index (κ1) is 15.3. The van der Waals surface area contributed by atoms with E-state index in [1.165, 1.54) is 18.9 Å². The van der Waals surface area contributed by atoms with E-state index in [0.717, 1.165) is 10.5 Å². The van der Waals surface area contributed by atoms with E-state index in [4.69, 9.17) is 9.47 Å². The molecule has 20 heavy (non-hydrogen) atoms. The second-order valence-corrected chi connectivity index (χ2v) is 5.43. The Morgan fingerprint density at radius 3 is 2.55 bits per heavy atom. The molecule has 1 aliphatic heterocycles. The fraction of sp³-hybridized carbons (Fsp3) is 0.500. The first-order valence-corrected chi connectivity index (χ1v) is 7.56. The highest BCUT2D eigenvalue weighted by atomic mass is 32.2. The second kappa shape index (κ2) is 6.58. The molecule has 1 aromatic rings. The fourth-order valence-electron chi connectivity index (χ4n) is 2.41. The van der Waals surface area contributed by atoms with Gasteiger partial charge in [0, 0.05) is 18.9 Å². The lowest BCUT2D eigenvalue weighted by molar-refractivity contribution is -0.182. The molecule has 0 aliphatic carbocycles. The Labute approximate surface area is 122 Å². The number of hydrogen-bond acceptors (Lipinski definition) is 5. The van der Waals surface area contributed by atoms with Gasteiger partial charge in [0.25, 0.3) is 0 Å². The molecular weight excluding hydrogens is 278 g/mol. The van der Waals surface area contributed by atoms with E-state index in [-0.39, 0.29) is 18.6 Å². The molecular formula is C14H19NO4S. The van der Waals surface area contributed by atoms with E-state index in [1.807, 2.05) is 30.5 Å². The number of aliphatic hydroxyl groups is 1. The van der Waals surface area contributed by atoms with Gasteiger partial charge in [0.1, 0.15) is 6.10 Å². The van der Waals surface area contributed by atoms with Crippen molar-refractivity contribution in [3.8, 4) is 0 Å². The standard InChI is InChI=1S/C14H19NO4S/c1-9(17)15-12(8-16)13(19-14(15)18-2)10-4-6-11(20-3)7-5-10/h4-7,12-14,16H,8H2,1-3H3/t12-,13-,14+/m0/s1. The maximum Gasteiger partial charge on any atom is 0.243 e. The molecule has 1 amide bonds. The van der Waals surface area contributed by atoms with Crippen molar-refractivity contribution < 1.29 is 19.4 Å². The number of carbonyl (C=O) groups excluding carboxylic acids is 1. The molecule has 1 aromatic carbocycles. The van der Waals surface area contributed by atoms with Gasteiger partial charge in [-0.15, -0.1) is 11.8 Å². The number of hydrogen-bond donors (Lipinski definition) is 1. The highest BCUT2D eigenvalue weighted by Crippen LogP contribution is 2.35. The van der Waals surface area contributed by atoms with Gasteiger partial charge < -0.3 is 14.6 Å². The van der Waals surface area contributed by atoms with Gasteiger partial charge in [-0.25, -0.2) is 0 Å². The van der Waals surface area contributed by atoms with Crippen molar-refractivity contribution in [3.63, 3.8) is 0 Å². The molecule has 1 saturated heterocycles. The topological polar surface area (TPSA) is 59.0 Å². The van der Waals surface area contributed by atoms with E-state index in [2.05, 4.69) is 0 Å². The molecule has 0 bridgehead atoms. The summed E-state index contributed by atoms with van der Waals surface area (Å²) in [6, 6.07) is 7.47. The third kappa shape index (κ3) is 2.83. The van der Waals surface area contributed by atoms with Crippen LogP contribution in [0.4, 0.5) is 0 Å². The quantitative estimate of drug-likeness (QED) is 0.856. The third-order valence-electron chi connectivity index (χ3n) is 3.39. The van der Waals surface area contributed by atoms with Crippen LogP contribution in [0.2, 0.25) is 0 Å². The lowest BCUT2D eigenvalue weighted by Gasteiger charge is -2.25. The number of aliphatic hydroxyl groups excluding tert-OH is 1. The Kier molecular flexibility index (Phi) is 5.04. The van der Waals surface area contributed by atoms with E-state index in [1.54, 1.807) is 11.8 Å². The number of ether oxygens (including phenoxy) is 2. The van der Waals surface area contributed by atoms with Crippen LogP contribution in [0.15, 0.2) is 29.2 Å². The molecule has 0 unspecified atom stereocenters. The average Bonchev–Trinajstić information content (AvgIpc) is 2.86. The number of carbonyl (C=O) groups is 1. The van der Waals surface area contributed by atoms with Crippen LogP contribution in [-0.4, -0.2) is 48.3 Å². The maximum atomic E-state index is 11.7. The molecule has 1 aliphatic rings.